The van der Waals surface area contributed by atoms with Gasteiger partial charge in [0.2, 0.25) is 0 Å². The van der Waals surface area contributed by atoms with Gasteiger partial charge in [-0.25, -0.2) is 4.79 Å². The van der Waals surface area contributed by atoms with Crippen LogP contribution in [0.1, 0.15) is 0 Å². The number of ether oxygens (including phenoxy) is 2. The Kier molecular flexibility index (Phi) is 3.52. The van der Waals surface area contributed by atoms with E-state index in [1.807, 2.05) is 0 Å². The van der Waals surface area contributed by atoms with Crippen LogP contribution in [0.25, 0.3) is 0 Å². The Hall–Kier alpha value is -1.29. The van der Waals surface area contributed by atoms with Crippen LogP contribution in [-0.4, -0.2) is 31.5 Å². The van der Waals surface area contributed by atoms with E-state index < -0.39 is 6.09 Å². The van der Waals surface area contributed by atoms with Gasteiger partial charge in [-0.05, 0) is 0 Å². The molecule has 0 saturated carbocycles. The SMILES string of the molecule is C=CCNC(=O)OC[C@@H]1O[C@H]1C=C. The summed E-state index contributed by atoms with van der Waals surface area (Å²) in [5.74, 6) is 0. The lowest BCUT2D eigenvalue weighted by atomic mass is 10.3. The van der Waals surface area contributed by atoms with Crippen LogP contribution < -0.4 is 5.32 Å². The van der Waals surface area contributed by atoms with Crippen LogP contribution in [0.3, 0.4) is 0 Å². The highest BCUT2D eigenvalue weighted by Crippen LogP contribution is 2.22. The number of carbonyl (C=O) groups is 1. The zero-order valence-corrected chi connectivity index (χ0v) is 7.36. The first kappa shape index (κ1) is 9.80. The van der Waals surface area contributed by atoms with Crippen LogP contribution in [0.2, 0.25) is 0 Å². The molecule has 1 fully saturated rings. The average molecular weight is 183 g/mol. The summed E-state index contributed by atoms with van der Waals surface area (Å²) in [5, 5.41) is 2.49. The van der Waals surface area contributed by atoms with Gasteiger partial charge in [-0.2, -0.15) is 0 Å². The molecule has 0 aromatic heterocycles. The Morgan fingerprint density at radius 1 is 1.62 bits per heavy atom. The van der Waals surface area contributed by atoms with Crippen LogP contribution in [0.4, 0.5) is 4.79 Å². The zero-order valence-electron chi connectivity index (χ0n) is 7.36. The van der Waals surface area contributed by atoms with Crippen LogP contribution in [0.5, 0.6) is 0 Å². The normalized spacial score (nSPS) is 24.6. The van der Waals surface area contributed by atoms with Crippen LogP contribution in [0.15, 0.2) is 25.3 Å². The minimum Gasteiger partial charge on any atom is -0.447 e. The number of hydrogen-bond acceptors (Lipinski definition) is 3. The summed E-state index contributed by atoms with van der Waals surface area (Å²) >= 11 is 0. The quantitative estimate of drug-likeness (QED) is 0.508. The third-order valence-electron chi connectivity index (χ3n) is 1.62. The summed E-state index contributed by atoms with van der Waals surface area (Å²) < 4.78 is 9.91. The molecule has 1 N–H and O–H groups in total. The molecule has 0 spiro atoms. The number of carbonyl (C=O) groups excluding carboxylic acids is 1. The third-order valence-corrected chi connectivity index (χ3v) is 1.62. The Labute approximate surface area is 77.2 Å². The number of rotatable bonds is 5. The van der Waals surface area contributed by atoms with Crippen LogP contribution in [-0.2, 0) is 9.47 Å². The van der Waals surface area contributed by atoms with E-state index >= 15 is 0 Å². The molecular weight excluding hydrogens is 170 g/mol. The Morgan fingerprint density at radius 2 is 2.38 bits per heavy atom. The standard InChI is InChI=1S/C9H13NO3/c1-3-5-10-9(11)12-6-8-7(4-2)13-8/h3-4,7-8H,1-2,5-6H2,(H,10,11)/t7-,8-/m0/s1. The molecule has 4 heteroatoms. The van der Waals surface area contributed by atoms with Gasteiger partial charge in [0.15, 0.2) is 0 Å². The molecule has 72 valence electrons. The summed E-state index contributed by atoms with van der Waals surface area (Å²) in [6, 6.07) is 0. The maximum Gasteiger partial charge on any atom is 0.407 e. The number of amides is 1. The molecule has 1 heterocycles. The van der Waals surface area contributed by atoms with Gasteiger partial charge in [0, 0.05) is 6.54 Å². The van der Waals surface area contributed by atoms with Crippen molar-refractivity contribution in [2.75, 3.05) is 13.2 Å². The van der Waals surface area contributed by atoms with E-state index in [1.54, 1.807) is 12.2 Å². The fraction of sp³-hybridized carbons (Fsp3) is 0.444. The van der Waals surface area contributed by atoms with Gasteiger partial charge in [-0.1, -0.05) is 12.2 Å². The van der Waals surface area contributed by atoms with Crippen molar-refractivity contribution in [3.63, 3.8) is 0 Å². The van der Waals surface area contributed by atoms with Crippen molar-refractivity contribution < 1.29 is 14.3 Å². The molecule has 0 aromatic carbocycles. The number of alkyl carbamates (subject to hydrolysis) is 1. The first-order valence-corrected chi connectivity index (χ1v) is 4.07. The van der Waals surface area contributed by atoms with E-state index in [4.69, 9.17) is 9.47 Å². The third kappa shape index (κ3) is 3.29. The van der Waals surface area contributed by atoms with Gasteiger partial charge >= 0.3 is 6.09 Å². The summed E-state index contributed by atoms with van der Waals surface area (Å²) in [6.07, 6.45) is 2.87. The molecule has 1 aliphatic heterocycles. The van der Waals surface area contributed by atoms with Crippen molar-refractivity contribution in [3.8, 4) is 0 Å². The number of hydrogen-bond donors (Lipinski definition) is 1. The predicted molar refractivity (Wildman–Crippen MR) is 48.4 cm³/mol. The maximum atomic E-state index is 10.9. The summed E-state index contributed by atoms with van der Waals surface area (Å²) in [5.41, 5.74) is 0. The molecule has 0 aliphatic carbocycles. The second kappa shape index (κ2) is 4.67. The monoisotopic (exact) mass is 183 g/mol. The summed E-state index contributed by atoms with van der Waals surface area (Å²) in [4.78, 5) is 10.9. The lowest BCUT2D eigenvalue weighted by Gasteiger charge is -2.02. The lowest BCUT2D eigenvalue weighted by molar-refractivity contribution is 0.137. The molecule has 0 aromatic rings. The maximum absolute atomic E-state index is 10.9. The molecule has 1 aliphatic rings. The molecule has 1 rings (SSSR count). The van der Waals surface area contributed by atoms with Gasteiger partial charge in [0.1, 0.15) is 18.8 Å². The Bertz CT molecular complexity index is 215. The summed E-state index contributed by atoms with van der Waals surface area (Å²) in [7, 11) is 0. The molecule has 2 atom stereocenters. The first-order valence-electron chi connectivity index (χ1n) is 4.07. The molecule has 0 bridgehead atoms. The van der Waals surface area contributed by atoms with Crippen molar-refractivity contribution in [2.24, 2.45) is 0 Å². The highest BCUT2D eigenvalue weighted by atomic mass is 16.6. The van der Waals surface area contributed by atoms with E-state index in [2.05, 4.69) is 18.5 Å². The molecule has 13 heavy (non-hydrogen) atoms. The highest BCUT2D eigenvalue weighted by Gasteiger charge is 2.36. The van der Waals surface area contributed by atoms with Gasteiger partial charge in [0.25, 0.3) is 0 Å². The van der Waals surface area contributed by atoms with Gasteiger partial charge in [-0.15, -0.1) is 13.2 Å². The van der Waals surface area contributed by atoms with E-state index in [0.29, 0.717) is 6.54 Å². The minimum atomic E-state index is -0.446. The fourth-order valence-electron chi connectivity index (χ4n) is 0.862. The van der Waals surface area contributed by atoms with Crippen LogP contribution in [0, 0.1) is 0 Å². The van der Waals surface area contributed by atoms with Crippen molar-refractivity contribution in [1.29, 1.82) is 0 Å². The molecule has 1 amide bonds. The van der Waals surface area contributed by atoms with Gasteiger partial charge < -0.3 is 14.8 Å². The predicted octanol–water partition coefficient (Wildman–Crippen LogP) is 0.852. The van der Waals surface area contributed by atoms with Crippen molar-refractivity contribution in [2.45, 2.75) is 12.2 Å². The largest absolute Gasteiger partial charge is 0.447 e. The fourth-order valence-corrected chi connectivity index (χ4v) is 0.862. The average Bonchev–Trinajstić information content (AvgIpc) is 2.90. The van der Waals surface area contributed by atoms with E-state index in [-0.39, 0.29) is 18.8 Å². The summed E-state index contributed by atoms with van der Waals surface area (Å²) in [6.45, 7) is 7.70. The van der Waals surface area contributed by atoms with Gasteiger partial charge in [0.05, 0.1) is 0 Å². The van der Waals surface area contributed by atoms with Crippen molar-refractivity contribution in [3.05, 3.63) is 25.3 Å². The van der Waals surface area contributed by atoms with Gasteiger partial charge in [-0.3, -0.25) is 0 Å². The Balaban J connectivity index is 2.02. The number of epoxide rings is 1. The van der Waals surface area contributed by atoms with Crippen molar-refractivity contribution >= 4 is 6.09 Å². The Morgan fingerprint density at radius 3 is 2.92 bits per heavy atom. The highest BCUT2D eigenvalue weighted by molar-refractivity contribution is 5.67. The first-order chi connectivity index (χ1) is 6.27. The minimum absolute atomic E-state index is 0.00742. The van der Waals surface area contributed by atoms with E-state index in [0.717, 1.165) is 0 Å². The topological polar surface area (TPSA) is 50.9 Å². The number of nitrogens with one attached hydrogen (secondary N) is 1. The lowest BCUT2D eigenvalue weighted by Crippen LogP contribution is -2.25. The molecular formula is C9H13NO3. The second-order valence-electron chi connectivity index (χ2n) is 2.64. The van der Waals surface area contributed by atoms with E-state index in [1.165, 1.54) is 0 Å². The molecule has 1 saturated heterocycles. The van der Waals surface area contributed by atoms with Crippen molar-refractivity contribution in [1.82, 2.24) is 5.32 Å². The molecule has 0 unspecified atom stereocenters. The van der Waals surface area contributed by atoms with E-state index in [9.17, 15) is 4.79 Å². The second-order valence-corrected chi connectivity index (χ2v) is 2.64. The molecule has 0 radical (unpaired) electrons. The molecule has 4 nitrogen and oxygen atoms in total. The van der Waals surface area contributed by atoms with Crippen LogP contribution >= 0.6 is 0 Å². The smallest absolute Gasteiger partial charge is 0.407 e. The zero-order chi connectivity index (χ0) is 9.68.